The van der Waals surface area contributed by atoms with Crippen LogP contribution in [-0.2, 0) is 16.0 Å². The highest BCUT2D eigenvalue weighted by Crippen LogP contribution is 2.36. The van der Waals surface area contributed by atoms with E-state index < -0.39 is 5.97 Å². The van der Waals surface area contributed by atoms with E-state index in [1.807, 2.05) is 12.1 Å². The molecule has 0 heterocycles. The van der Waals surface area contributed by atoms with E-state index >= 15 is 0 Å². The van der Waals surface area contributed by atoms with Crippen molar-refractivity contribution in [1.82, 2.24) is 0 Å². The zero-order valence-electron chi connectivity index (χ0n) is 18.7. The smallest absolute Gasteiger partial charge is 0.333 e. The first-order valence-corrected chi connectivity index (χ1v) is 11.3. The maximum Gasteiger partial charge on any atom is 0.333 e. The fourth-order valence-corrected chi connectivity index (χ4v) is 4.15. The lowest BCUT2D eigenvalue weighted by Gasteiger charge is -2.26. The van der Waals surface area contributed by atoms with Crippen LogP contribution in [0.15, 0.2) is 54.6 Å². The van der Waals surface area contributed by atoms with Crippen molar-refractivity contribution in [3.05, 3.63) is 65.7 Å². The van der Waals surface area contributed by atoms with E-state index in [1.165, 1.54) is 31.2 Å². The van der Waals surface area contributed by atoms with E-state index in [2.05, 4.69) is 43.8 Å². The van der Waals surface area contributed by atoms with Crippen LogP contribution in [0.1, 0.15) is 56.6 Å². The molecule has 31 heavy (non-hydrogen) atoms. The number of carbonyl (C=O) groups is 1. The van der Waals surface area contributed by atoms with Crippen LogP contribution >= 0.6 is 0 Å². The second-order valence-corrected chi connectivity index (χ2v) is 8.64. The van der Waals surface area contributed by atoms with Gasteiger partial charge in [0.15, 0.2) is 0 Å². The van der Waals surface area contributed by atoms with Crippen molar-refractivity contribution in [1.29, 1.82) is 0 Å². The van der Waals surface area contributed by atoms with E-state index in [1.54, 1.807) is 6.92 Å². The normalized spacial score (nSPS) is 18.4. The van der Waals surface area contributed by atoms with E-state index in [4.69, 9.17) is 9.47 Å². The first-order valence-electron chi connectivity index (χ1n) is 11.3. The molecule has 166 valence electrons. The summed E-state index contributed by atoms with van der Waals surface area (Å²) in [6.07, 6.45) is 5.72. The molecule has 4 nitrogen and oxygen atoms in total. The Labute approximate surface area is 185 Å². The fourth-order valence-electron chi connectivity index (χ4n) is 4.15. The van der Waals surface area contributed by atoms with E-state index in [-0.39, 0.29) is 19.8 Å². The summed E-state index contributed by atoms with van der Waals surface area (Å²) in [6.45, 7) is 8.00. The number of ether oxygens (including phenoxy) is 2. The summed E-state index contributed by atoms with van der Waals surface area (Å²) in [5.41, 5.74) is 4.95. The zero-order chi connectivity index (χ0) is 22.2. The van der Waals surface area contributed by atoms with Gasteiger partial charge in [-0.3, -0.25) is 0 Å². The van der Waals surface area contributed by atoms with Gasteiger partial charge in [-0.2, -0.15) is 0 Å². The molecule has 1 saturated carbocycles. The topological polar surface area (TPSA) is 55.8 Å². The number of rotatable bonds is 9. The second-order valence-electron chi connectivity index (χ2n) is 8.64. The van der Waals surface area contributed by atoms with Crippen LogP contribution in [0.25, 0.3) is 11.1 Å². The molecule has 1 aliphatic carbocycles. The van der Waals surface area contributed by atoms with Gasteiger partial charge in [0.2, 0.25) is 0 Å². The molecule has 1 aliphatic rings. The largest absolute Gasteiger partial charge is 0.490 e. The molecule has 1 N–H and O–H groups in total. The quantitative estimate of drug-likeness (QED) is 0.321. The van der Waals surface area contributed by atoms with Gasteiger partial charge in [-0.15, -0.1) is 0 Å². The van der Waals surface area contributed by atoms with Crippen molar-refractivity contribution in [2.75, 3.05) is 19.8 Å². The lowest BCUT2D eigenvalue weighted by molar-refractivity contribution is -0.139. The highest BCUT2D eigenvalue weighted by molar-refractivity contribution is 5.86. The molecule has 2 aromatic rings. The van der Waals surface area contributed by atoms with Gasteiger partial charge >= 0.3 is 5.97 Å². The number of hydrogen-bond acceptors (Lipinski definition) is 4. The molecule has 0 aromatic heterocycles. The minimum absolute atomic E-state index is 0.0506. The van der Waals surface area contributed by atoms with Gasteiger partial charge in [-0.25, -0.2) is 4.79 Å². The monoisotopic (exact) mass is 422 g/mol. The van der Waals surface area contributed by atoms with Crippen LogP contribution < -0.4 is 4.74 Å². The summed E-state index contributed by atoms with van der Waals surface area (Å²) in [6, 6.07) is 15.0. The molecule has 0 atom stereocenters. The lowest BCUT2D eigenvalue weighted by atomic mass is 9.79. The third-order valence-corrected chi connectivity index (χ3v) is 6.10. The number of benzene rings is 2. The Bertz CT molecular complexity index is 877. The molecule has 4 heteroatoms. The Hall–Kier alpha value is -2.59. The van der Waals surface area contributed by atoms with Crippen molar-refractivity contribution in [2.45, 2.75) is 51.9 Å². The molecular formula is C27H34O4. The molecule has 1 fully saturated rings. The van der Waals surface area contributed by atoms with E-state index in [9.17, 15) is 9.90 Å². The van der Waals surface area contributed by atoms with Crippen molar-refractivity contribution in [2.24, 2.45) is 5.92 Å². The Morgan fingerprint density at radius 3 is 2.35 bits per heavy atom. The minimum Gasteiger partial charge on any atom is -0.490 e. The highest BCUT2D eigenvalue weighted by Gasteiger charge is 2.19. The molecule has 2 aromatic carbocycles. The van der Waals surface area contributed by atoms with Gasteiger partial charge < -0.3 is 14.6 Å². The molecule has 0 bridgehead atoms. The van der Waals surface area contributed by atoms with Crippen LogP contribution in [0.3, 0.4) is 0 Å². The van der Waals surface area contributed by atoms with Gasteiger partial charge in [0.05, 0.1) is 0 Å². The van der Waals surface area contributed by atoms with Crippen LogP contribution in [0.5, 0.6) is 5.75 Å². The fraction of sp³-hybridized carbons (Fsp3) is 0.444. The molecule has 0 spiro atoms. The second kappa shape index (κ2) is 11.1. The number of hydrogen-bond donors (Lipinski definition) is 1. The molecule has 0 radical (unpaired) electrons. The highest BCUT2D eigenvalue weighted by atomic mass is 16.6. The van der Waals surface area contributed by atoms with Gasteiger partial charge in [0.25, 0.3) is 0 Å². The minimum atomic E-state index is -0.416. The number of aliphatic hydroxyl groups excluding tert-OH is 1. The summed E-state index contributed by atoms with van der Waals surface area (Å²) >= 11 is 0. The van der Waals surface area contributed by atoms with E-state index in [0.29, 0.717) is 23.7 Å². The standard InChI is InChI=1S/C27H34O4/c1-19(2)27(29)31-17-16-30-26-18-25(13-12-24(26)14-15-28)23-10-8-22(9-11-23)21-6-4-20(3)5-7-21/h8-13,18,20-21,28H,1,4-7,14-17H2,2-3H3. The van der Waals surface area contributed by atoms with Crippen molar-refractivity contribution >= 4 is 5.97 Å². The van der Waals surface area contributed by atoms with Crippen molar-refractivity contribution in [3.63, 3.8) is 0 Å². The molecule has 3 rings (SSSR count). The van der Waals surface area contributed by atoms with Gasteiger partial charge in [-0.1, -0.05) is 62.7 Å². The third-order valence-electron chi connectivity index (χ3n) is 6.10. The molecular weight excluding hydrogens is 388 g/mol. The molecule has 0 aliphatic heterocycles. The molecule has 0 saturated heterocycles. The van der Waals surface area contributed by atoms with Crippen LogP contribution in [0.4, 0.5) is 0 Å². The van der Waals surface area contributed by atoms with Gasteiger partial charge in [0.1, 0.15) is 19.0 Å². The van der Waals surface area contributed by atoms with Gasteiger partial charge in [-0.05, 0) is 66.3 Å². The maximum absolute atomic E-state index is 11.5. The number of esters is 1. The van der Waals surface area contributed by atoms with E-state index in [0.717, 1.165) is 22.6 Å². The van der Waals surface area contributed by atoms with Crippen LogP contribution in [-0.4, -0.2) is 30.9 Å². The number of carbonyl (C=O) groups excluding carboxylic acids is 1. The molecule has 0 unspecified atom stereocenters. The summed E-state index contributed by atoms with van der Waals surface area (Å²) in [5.74, 6) is 1.83. The van der Waals surface area contributed by atoms with Crippen LogP contribution in [0.2, 0.25) is 0 Å². The average Bonchev–Trinajstić information content (AvgIpc) is 2.78. The van der Waals surface area contributed by atoms with Crippen molar-refractivity contribution < 1.29 is 19.4 Å². The Balaban J connectivity index is 1.68. The zero-order valence-corrected chi connectivity index (χ0v) is 18.7. The van der Waals surface area contributed by atoms with Crippen LogP contribution in [0, 0.1) is 5.92 Å². The Morgan fingerprint density at radius 2 is 1.71 bits per heavy atom. The molecule has 0 amide bonds. The third kappa shape index (κ3) is 6.44. The Morgan fingerprint density at radius 1 is 1.03 bits per heavy atom. The first-order chi connectivity index (χ1) is 15.0. The summed E-state index contributed by atoms with van der Waals surface area (Å²) < 4.78 is 11.0. The summed E-state index contributed by atoms with van der Waals surface area (Å²) in [5, 5.41) is 9.37. The lowest BCUT2D eigenvalue weighted by Crippen LogP contribution is -2.13. The summed E-state index contributed by atoms with van der Waals surface area (Å²) in [4.78, 5) is 11.5. The summed E-state index contributed by atoms with van der Waals surface area (Å²) in [7, 11) is 0. The maximum atomic E-state index is 11.5. The average molecular weight is 423 g/mol. The van der Waals surface area contributed by atoms with Crippen molar-refractivity contribution in [3.8, 4) is 16.9 Å². The Kier molecular flexibility index (Phi) is 8.30. The predicted molar refractivity (Wildman–Crippen MR) is 124 cm³/mol. The SMILES string of the molecule is C=C(C)C(=O)OCCOc1cc(-c2ccc(C3CCC(C)CC3)cc2)ccc1CCO. The number of aliphatic hydroxyl groups is 1. The van der Waals surface area contributed by atoms with Gasteiger partial charge in [0, 0.05) is 12.2 Å². The first kappa shape index (κ1) is 23.1. The predicted octanol–water partition coefficient (Wildman–Crippen LogP) is 5.68.